The fourth-order valence-electron chi connectivity index (χ4n) is 2.74. The number of rotatable bonds is 8. The number of hydrogen-bond donors (Lipinski definition) is 2. The first-order chi connectivity index (χ1) is 13.5. The molecule has 1 unspecified atom stereocenters. The van der Waals surface area contributed by atoms with Gasteiger partial charge in [-0.25, -0.2) is 4.98 Å². The Balaban J connectivity index is 0.00000190. The number of pyridine rings is 1. The molecule has 150 valence electrons. The quantitative estimate of drug-likeness (QED) is 0.497. The lowest BCUT2D eigenvalue weighted by Crippen LogP contribution is -2.08. The average Bonchev–Trinajstić information content (AvgIpc) is 2.74. The summed E-state index contributed by atoms with van der Waals surface area (Å²) in [6, 6.07) is 16.0. The largest absolute Gasteiger partial charge is 0.496 e. The second-order valence-corrected chi connectivity index (χ2v) is 6.14. The van der Waals surface area contributed by atoms with Gasteiger partial charge in [0.25, 0.3) is 0 Å². The van der Waals surface area contributed by atoms with E-state index in [0.717, 1.165) is 17.7 Å². The number of allylic oxidation sites excluding steroid dienone is 3. The van der Waals surface area contributed by atoms with Crippen molar-refractivity contribution in [3.63, 3.8) is 0 Å². The third kappa shape index (κ3) is 7.05. The summed E-state index contributed by atoms with van der Waals surface area (Å²) >= 11 is 0. The Hall–Kier alpha value is -2.85. The van der Waals surface area contributed by atoms with Gasteiger partial charge in [-0.2, -0.15) is 0 Å². The third-order valence-corrected chi connectivity index (χ3v) is 4.24. The van der Waals surface area contributed by atoms with Crippen LogP contribution in [0.2, 0.25) is 0 Å². The van der Waals surface area contributed by atoms with Crippen molar-refractivity contribution in [1.29, 1.82) is 0 Å². The van der Waals surface area contributed by atoms with Crippen LogP contribution >= 0.6 is 0 Å². The molecule has 4 heteroatoms. The molecule has 4 nitrogen and oxygen atoms in total. The van der Waals surface area contributed by atoms with Crippen LogP contribution in [0.1, 0.15) is 37.9 Å². The van der Waals surface area contributed by atoms with Crippen LogP contribution in [-0.4, -0.2) is 23.8 Å². The molecule has 3 N–H and O–H groups in total. The van der Waals surface area contributed by atoms with E-state index >= 15 is 0 Å². The summed E-state index contributed by atoms with van der Waals surface area (Å²) < 4.78 is 5.30. The number of benzene rings is 1. The molecule has 0 radical (unpaired) electrons. The zero-order valence-electron chi connectivity index (χ0n) is 17.4. The number of aliphatic hydroxyl groups is 1. The molecule has 0 spiro atoms. The van der Waals surface area contributed by atoms with Crippen molar-refractivity contribution in [3.8, 4) is 0 Å². The number of hydrogen-bond acceptors (Lipinski definition) is 4. The van der Waals surface area contributed by atoms with E-state index in [1.807, 2.05) is 56.3 Å². The number of nitrogens with two attached hydrogens (primary N) is 1. The minimum absolute atomic E-state index is 0.0812. The molecule has 2 aromatic rings. The van der Waals surface area contributed by atoms with Crippen LogP contribution in [0.4, 0.5) is 5.82 Å². The van der Waals surface area contributed by atoms with E-state index in [4.69, 9.17) is 10.5 Å². The molecule has 0 amide bonds. The van der Waals surface area contributed by atoms with E-state index in [9.17, 15) is 5.11 Å². The summed E-state index contributed by atoms with van der Waals surface area (Å²) in [5.74, 6) is 1.15. The fourth-order valence-corrected chi connectivity index (χ4v) is 2.74. The van der Waals surface area contributed by atoms with Crippen molar-refractivity contribution in [3.05, 3.63) is 95.4 Å². The van der Waals surface area contributed by atoms with Crippen LogP contribution < -0.4 is 5.73 Å². The number of ether oxygens (including phenoxy) is 1. The Bertz CT molecular complexity index is 795. The van der Waals surface area contributed by atoms with E-state index < -0.39 is 0 Å². The van der Waals surface area contributed by atoms with E-state index in [2.05, 4.69) is 30.6 Å². The highest BCUT2D eigenvalue weighted by atomic mass is 16.5. The van der Waals surface area contributed by atoms with Crippen molar-refractivity contribution in [2.75, 3.05) is 19.5 Å². The SMILES string of the molecule is C=C(CO)/C(=C\C=C(/C)C(Cc1ccccc1)c1cccc(N)n1)OC.CC. The smallest absolute Gasteiger partial charge is 0.123 e. The molecule has 0 aliphatic heterocycles. The van der Waals surface area contributed by atoms with Gasteiger partial charge < -0.3 is 15.6 Å². The standard InChI is InChI=1S/C22H26N2O2.C2H6/c1-16(12-13-21(26-3)17(2)15-25)19(14-18-8-5-4-6-9-18)20-10-7-11-22(23)24-20;1-2/h4-13,19,25H,2,14-15H2,1,3H3,(H2,23,24);1-2H3/b16-12+,21-13+;. The van der Waals surface area contributed by atoms with Gasteiger partial charge in [0, 0.05) is 11.5 Å². The summed E-state index contributed by atoms with van der Waals surface area (Å²) in [6.07, 6.45) is 4.63. The summed E-state index contributed by atoms with van der Waals surface area (Å²) in [5, 5.41) is 9.25. The maximum Gasteiger partial charge on any atom is 0.123 e. The zero-order valence-corrected chi connectivity index (χ0v) is 17.4. The van der Waals surface area contributed by atoms with Crippen molar-refractivity contribution in [2.24, 2.45) is 0 Å². The van der Waals surface area contributed by atoms with E-state index in [1.54, 1.807) is 13.2 Å². The average molecular weight is 381 g/mol. The van der Waals surface area contributed by atoms with Crippen LogP contribution in [0.25, 0.3) is 0 Å². The first-order valence-electron chi connectivity index (χ1n) is 9.53. The highest BCUT2D eigenvalue weighted by Gasteiger charge is 2.16. The monoisotopic (exact) mass is 380 g/mol. The van der Waals surface area contributed by atoms with Crippen LogP contribution in [0.3, 0.4) is 0 Å². The number of aliphatic hydroxyl groups excluding tert-OH is 1. The molecule has 0 bridgehead atoms. The van der Waals surface area contributed by atoms with Gasteiger partial charge in [0.05, 0.1) is 19.4 Å². The van der Waals surface area contributed by atoms with Gasteiger partial charge in [0.15, 0.2) is 0 Å². The van der Waals surface area contributed by atoms with Gasteiger partial charge in [-0.15, -0.1) is 0 Å². The lowest BCUT2D eigenvalue weighted by Gasteiger charge is -2.18. The molecule has 2 rings (SSSR count). The highest BCUT2D eigenvalue weighted by molar-refractivity contribution is 5.36. The summed E-state index contributed by atoms with van der Waals surface area (Å²) in [5.41, 5.74) is 9.70. The molecule has 28 heavy (non-hydrogen) atoms. The maximum absolute atomic E-state index is 9.25. The van der Waals surface area contributed by atoms with Gasteiger partial charge in [-0.1, -0.05) is 68.5 Å². The molecule has 0 saturated heterocycles. The molecule has 1 aromatic carbocycles. The first kappa shape index (κ1) is 23.2. The topological polar surface area (TPSA) is 68.4 Å². The highest BCUT2D eigenvalue weighted by Crippen LogP contribution is 2.28. The van der Waals surface area contributed by atoms with E-state index in [0.29, 0.717) is 17.2 Å². The molecular weight excluding hydrogens is 348 g/mol. The Morgan fingerprint density at radius 2 is 1.82 bits per heavy atom. The van der Waals surface area contributed by atoms with Crippen molar-refractivity contribution in [2.45, 2.75) is 33.1 Å². The molecule has 0 saturated carbocycles. The lowest BCUT2D eigenvalue weighted by atomic mass is 9.89. The fraction of sp³-hybridized carbons (Fsp3) is 0.292. The molecule has 1 heterocycles. The van der Waals surface area contributed by atoms with Gasteiger partial charge >= 0.3 is 0 Å². The predicted octanol–water partition coefficient (Wildman–Crippen LogP) is 5.04. The van der Waals surface area contributed by atoms with Crippen molar-refractivity contribution in [1.82, 2.24) is 4.98 Å². The third-order valence-electron chi connectivity index (χ3n) is 4.24. The minimum Gasteiger partial charge on any atom is -0.496 e. The van der Waals surface area contributed by atoms with Crippen molar-refractivity contribution >= 4 is 5.82 Å². The van der Waals surface area contributed by atoms with Crippen LogP contribution in [0.15, 0.2) is 84.2 Å². The first-order valence-corrected chi connectivity index (χ1v) is 9.53. The molecule has 0 aliphatic rings. The zero-order chi connectivity index (χ0) is 20.9. The summed E-state index contributed by atoms with van der Waals surface area (Å²) in [6.45, 7) is 9.72. The number of anilines is 1. The van der Waals surface area contributed by atoms with Gasteiger partial charge in [-0.3, -0.25) is 0 Å². The molecular formula is C24H32N2O2. The molecule has 0 fully saturated rings. The van der Waals surface area contributed by atoms with Crippen LogP contribution in [-0.2, 0) is 11.2 Å². The predicted molar refractivity (Wildman–Crippen MR) is 118 cm³/mol. The van der Waals surface area contributed by atoms with Crippen LogP contribution in [0.5, 0.6) is 0 Å². The van der Waals surface area contributed by atoms with Crippen LogP contribution in [0, 0.1) is 0 Å². The normalized spacial score (nSPS) is 12.6. The van der Waals surface area contributed by atoms with Gasteiger partial charge in [0.1, 0.15) is 11.6 Å². The summed E-state index contributed by atoms with van der Waals surface area (Å²) in [7, 11) is 1.57. The lowest BCUT2D eigenvalue weighted by molar-refractivity contribution is 0.273. The van der Waals surface area contributed by atoms with E-state index in [-0.39, 0.29) is 12.5 Å². The molecule has 1 atom stereocenters. The molecule has 1 aromatic heterocycles. The number of aromatic nitrogens is 1. The second kappa shape index (κ2) is 12.5. The number of nitrogens with zero attached hydrogens (tertiary/aromatic N) is 1. The Morgan fingerprint density at radius 3 is 2.39 bits per heavy atom. The second-order valence-electron chi connectivity index (χ2n) is 6.14. The number of nitrogen functional groups attached to an aromatic ring is 1. The van der Waals surface area contributed by atoms with Crippen molar-refractivity contribution < 1.29 is 9.84 Å². The van der Waals surface area contributed by atoms with E-state index in [1.165, 1.54) is 5.56 Å². The summed E-state index contributed by atoms with van der Waals surface area (Å²) in [4.78, 5) is 4.52. The van der Waals surface area contributed by atoms with Gasteiger partial charge in [-0.05, 0) is 37.1 Å². The minimum atomic E-state index is -0.142. The Kier molecular flexibility index (Phi) is 10.4. The Morgan fingerprint density at radius 1 is 1.14 bits per heavy atom. The maximum atomic E-state index is 9.25. The Labute approximate surface area is 169 Å². The number of methoxy groups -OCH3 is 1. The van der Waals surface area contributed by atoms with Gasteiger partial charge in [0.2, 0.25) is 0 Å². The molecule has 0 aliphatic carbocycles.